The van der Waals surface area contributed by atoms with Gasteiger partial charge < -0.3 is 9.47 Å². The summed E-state index contributed by atoms with van der Waals surface area (Å²) in [6, 6.07) is 19.5. The van der Waals surface area contributed by atoms with Gasteiger partial charge in [0.15, 0.2) is 0 Å². The summed E-state index contributed by atoms with van der Waals surface area (Å²) in [7, 11) is 2.82. The Morgan fingerprint density at radius 3 is 1.76 bits per heavy atom. The van der Waals surface area contributed by atoms with E-state index >= 15 is 0 Å². The first kappa shape index (κ1) is 20.4. The lowest BCUT2D eigenvalue weighted by molar-refractivity contribution is -0.145. The quantitative estimate of drug-likeness (QED) is 0.771. The van der Waals surface area contributed by atoms with Crippen molar-refractivity contribution in [2.45, 2.75) is 26.2 Å². The first-order chi connectivity index (χ1) is 12.0. The van der Waals surface area contributed by atoms with Crippen molar-refractivity contribution in [3.63, 3.8) is 0 Å². The van der Waals surface area contributed by atoms with Gasteiger partial charge in [0.1, 0.15) is 0 Å². The summed E-state index contributed by atoms with van der Waals surface area (Å²) in [6.07, 6.45) is 0.744. The molecular weight excluding hydrogens is 316 g/mol. The van der Waals surface area contributed by atoms with E-state index in [1.165, 1.54) is 19.8 Å². The highest BCUT2D eigenvalue weighted by Gasteiger charge is 2.14. The van der Waals surface area contributed by atoms with Crippen molar-refractivity contribution in [1.29, 1.82) is 0 Å². The maximum absolute atomic E-state index is 11.1. The Morgan fingerprint density at radius 1 is 0.800 bits per heavy atom. The summed E-state index contributed by atoms with van der Waals surface area (Å²) in [5.74, 6) is -0.575. The summed E-state index contributed by atoms with van der Waals surface area (Å²) < 4.78 is 9.27. The molecule has 0 aliphatic heterocycles. The number of hydrogen-bond donors (Lipinski definition) is 0. The average molecular weight is 342 g/mol. The van der Waals surface area contributed by atoms with Gasteiger partial charge >= 0.3 is 11.9 Å². The minimum absolute atomic E-state index is 0.0626. The molecule has 0 bridgehead atoms. The fourth-order valence-electron chi connectivity index (χ4n) is 2.31. The highest BCUT2D eigenvalue weighted by atomic mass is 16.5. The van der Waals surface area contributed by atoms with Crippen molar-refractivity contribution in [2.24, 2.45) is 5.92 Å². The van der Waals surface area contributed by atoms with Crippen molar-refractivity contribution in [2.75, 3.05) is 14.2 Å². The van der Waals surface area contributed by atoms with Gasteiger partial charge in [-0.05, 0) is 24.5 Å². The lowest BCUT2D eigenvalue weighted by atomic mass is 10.0. The van der Waals surface area contributed by atoms with E-state index in [0.29, 0.717) is 0 Å². The second-order valence-corrected chi connectivity index (χ2v) is 5.77. The van der Waals surface area contributed by atoms with Crippen LogP contribution in [-0.4, -0.2) is 26.2 Å². The van der Waals surface area contributed by atoms with Crippen LogP contribution in [0.4, 0.5) is 0 Å². The lowest BCUT2D eigenvalue weighted by Gasteiger charge is -2.08. The van der Waals surface area contributed by atoms with Crippen LogP contribution >= 0.6 is 0 Å². The number of rotatable bonds is 5. The minimum atomic E-state index is -0.193. The van der Waals surface area contributed by atoms with Gasteiger partial charge in [0.25, 0.3) is 0 Å². The number of methoxy groups -OCH3 is 2. The highest BCUT2D eigenvalue weighted by molar-refractivity contribution is 5.77. The Bertz CT molecular complexity index is 637. The van der Waals surface area contributed by atoms with Crippen LogP contribution in [0.1, 0.15) is 30.9 Å². The third-order valence-corrected chi connectivity index (χ3v) is 3.84. The summed E-state index contributed by atoms with van der Waals surface area (Å²) >= 11 is 0. The molecule has 0 aliphatic rings. The molecule has 0 fully saturated rings. The normalized spacial score (nSPS) is 12.2. The molecular formula is C21H26O4. The zero-order chi connectivity index (χ0) is 18.7. The number of carbonyl (C=O) groups excluding carboxylic acids is 2. The van der Waals surface area contributed by atoms with E-state index in [2.05, 4.69) is 9.47 Å². The zero-order valence-electron chi connectivity index (χ0n) is 15.3. The molecule has 0 radical (unpaired) electrons. The number of hydrogen-bond acceptors (Lipinski definition) is 4. The Kier molecular flexibility index (Phi) is 9.01. The first-order valence-corrected chi connectivity index (χ1v) is 8.24. The zero-order valence-corrected chi connectivity index (χ0v) is 15.3. The van der Waals surface area contributed by atoms with Gasteiger partial charge in [-0.15, -0.1) is 0 Å². The van der Waals surface area contributed by atoms with Gasteiger partial charge in [0, 0.05) is 0 Å². The number of benzene rings is 2. The molecule has 2 aromatic carbocycles. The van der Waals surface area contributed by atoms with E-state index in [0.717, 1.165) is 12.0 Å². The van der Waals surface area contributed by atoms with Crippen LogP contribution in [0, 0.1) is 5.92 Å². The summed E-state index contributed by atoms with van der Waals surface area (Å²) in [5.41, 5.74) is 2.16. The molecule has 4 heteroatoms. The van der Waals surface area contributed by atoms with Gasteiger partial charge in [-0.25, -0.2) is 0 Å². The van der Waals surface area contributed by atoms with Crippen molar-refractivity contribution in [3.05, 3.63) is 71.8 Å². The molecule has 0 spiro atoms. The van der Waals surface area contributed by atoms with Crippen molar-refractivity contribution in [1.82, 2.24) is 0 Å². The predicted octanol–water partition coefficient (Wildman–Crippen LogP) is 4.00. The maximum Gasteiger partial charge on any atom is 0.312 e. The fourth-order valence-corrected chi connectivity index (χ4v) is 2.31. The van der Waals surface area contributed by atoms with Crippen molar-refractivity contribution >= 4 is 11.9 Å². The SMILES string of the molecule is COC(=O)C(C)Cc1ccccc1.COC(=O)C(C)c1ccccc1. The van der Waals surface area contributed by atoms with Gasteiger partial charge in [-0.3, -0.25) is 9.59 Å². The third-order valence-electron chi connectivity index (χ3n) is 3.84. The van der Waals surface area contributed by atoms with E-state index in [1.54, 1.807) is 0 Å². The Balaban J connectivity index is 0.000000251. The molecule has 2 aromatic rings. The van der Waals surface area contributed by atoms with Crippen LogP contribution in [0.3, 0.4) is 0 Å². The van der Waals surface area contributed by atoms with Gasteiger partial charge in [0.2, 0.25) is 0 Å². The molecule has 2 atom stereocenters. The Hall–Kier alpha value is -2.62. The first-order valence-electron chi connectivity index (χ1n) is 8.24. The topological polar surface area (TPSA) is 52.6 Å². The Labute approximate surface area is 149 Å². The largest absolute Gasteiger partial charge is 0.469 e. The van der Waals surface area contributed by atoms with Crippen LogP contribution in [0.15, 0.2) is 60.7 Å². The van der Waals surface area contributed by atoms with Gasteiger partial charge in [-0.2, -0.15) is 0 Å². The van der Waals surface area contributed by atoms with Gasteiger partial charge in [-0.1, -0.05) is 67.6 Å². The fraction of sp³-hybridized carbons (Fsp3) is 0.333. The minimum Gasteiger partial charge on any atom is -0.469 e. The summed E-state index contributed by atoms with van der Waals surface area (Å²) in [6.45, 7) is 3.71. The standard InChI is InChI=1S/C11H14O2.C10H12O2/c1-9(11(12)13-2)8-10-6-4-3-5-7-10;1-8(10(11)12-2)9-6-4-3-5-7-9/h3-7,9H,8H2,1-2H3;3-8H,1-2H3. The van der Waals surface area contributed by atoms with Crippen LogP contribution in [0.25, 0.3) is 0 Å². The number of ether oxygens (including phenoxy) is 2. The molecule has 134 valence electrons. The van der Waals surface area contributed by atoms with Crippen LogP contribution in [0.2, 0.25) is 0 Å². The Morgan fingerprint density at radius 2 is 1.28 bits per heavy atom. The molecule has 2 rings (SSSR count). The highest BCUT2D eigenvalue weighted by Crippen LogP contribution is 2.15. The predicted molar refractivity (Wildman–Crippen MR) is 98.2 cm³/mol. The molecule has 2 unspecified atom stereocenters. The summed E-state index contributed by atoms with van der Waals surface area (Å²) in [4.78, 5) is 22.2. The van der Waals surface area contributed by atoms with E-state index in [-0.39, 0.29) is 23.8 Å². The van der Waals surface area contributed by atoms with E-state index in [1.807, 2.05) is 74.5 Å². The molecule has 25 heavy (non-hydrogen) atoms. The van der Waals surface area contributed by atoms with E-state index in [9.17, 15) is 9.59 Å². The number of esters is 2. The lowest BCUT2D eigenvalue weighted by Crippen LogP contribution is -2.14. The molecule has 0 saturated heterocycles. The second-order valence-electron chi connectivity index (χ2n) is 5.77. The second kappa shape index (κ2) is 11.0. The molecule has 0 aromatic heterocycles. The van der Waals surface area contributed by atoms with Crippen LogP contribution in [-0.2, 0) is 25.5 Å². The molecule has 0 heterocycles. The van der Waals surface area contributed by atoms with Crippen LogP contribution < -0.4 is 0 Å². The summed E-state index contributed by atoms with van der Waals surface area (Å²) in [5, 5.41) is 0. The smallest absolute Gasteiger partial charge is 0.312 e. The van der Waals surface area contributed by atoms with Crippen molar-refractivity contribution < 1.29 is 19.1 Å². The molecule has 0 N–H and O–H groups in total. The molecule has 0 saturated carbocycles. The monoisotopic (exact) mass is 342 g/mol. The van der Waals surface area contributed by atoms with E-state index in [4.69, 9.17) is 0 Å². The molecule has 4 nitrogen and oxygen atoms in total. The third kappa shape index (κ3) is 7.21. The van der Waals surface area contributed by atoms with Crippen LogP contribution in [0.5, 0.6) is 0 Å². The molecule has 0 amide bonds. The van der Waals surface area contributed by atoms with Crippen molar-refractivity contribution in [3.8, 4) is 0 Å². The number of carbonyl (C=O) groups is 2. The molecule has 0 aliphatic carbocycles. The average Bonchev–Trinajstić information content (AvgIpc) is 2.68. The maximum atomic E-state index is 11.1. The van der Waals surface area contributed by atoms with Gasteiger partial charge in [0.05, 0.1) is 26.1 Å². The van der Waals surface area contributed by atoms with E-state index < -0.39 is 0 Å².